The number of benzene rings is 2. The van der Waals surface area contributed by atoms with E-state index < -0.39 is 120 Å². The molecule has 8 aliphatic rings. The standard InChI is InChI=1S/C73H93F2N9O19S2/c1-70-20-14-48(32-46(70)9-10-52-51(70)15-21-71(2)50(16-22-73(52,71)98)42-19-25-101-62(89)31-42)103-68(96)79-47-17-23-82(24-18-47)69(97)102-26-27-104-105-39-54(67(94)95)80-59(86)13-12-58(85)76-35-43-6-5-7-44-37-83(38-49(43)44)60(87)30-45-29-53(81-64(45)91)65(92)78-36-61(88)84-40-72(74,75)33-55(84)63(90)66(93)77-34-41-8-11-56(99-3)57(28-41)100-4/h5-8,11,19,25,28,31,45-48,50-55,98H,9-10,12-18,20-24,26-27,29-30,32-40H2,1-4H3,(H,76,85)(H,77,93)(H,78,92)(H,79,96)(H,80,86)(H,81,91)(H,94,95)/t45-,46+,48-,50+,51?,52+,53-,54?,55?,70-,71+,73-/m0/s1. The molecule has 11 rings (SSSR count). The third-order valence-corrected chi connectivity index (χ3v) is 25.9. The number of ether oxygens (including phenoxy) is 4. The van der Waals surface area contributed by atoms with Gasteiger partial charge in [-0.15, -0.1) is 0 Å². The lowest BCUT2D eigenvalue weighted by Gasteiger charge is -2.63. The number of alkyl halides is 2. The zero-order valence-corrected chi connectivity index (χ0v) is 60.9. The van der Waals surface area contributed by atoms with Gasteiger partial charge in [-0.3, -0.25) is 38.4 Å². The first-order chi connectivity index (χ1) is 50.1. The highest BCUT2D eigenvalue weighted by atomic mass is 33.1. The molecule has 3 aromatic rings. The minimum atomic E-state index is -3.51. The van der Waals surface area contributed by atoms with Crippen LogP contribution < -0.4 is 47.0 Å². The van der Waals surface area contributed by atoms with Crippen LogP contribution in [0.3, 0.4) is 0 Å². The molecule has 0 bridgehead atoms. The quantitative estimate of drug-likeness (QED) is 0.0261. The molecule has 0 spiro atoms. The number of carboxylic acids is 1. The number of Topliss-reactive ketones (excluding diaryl/α,β-unsaturated/α-hetero) is 1. The van der Waals surface area contributed by atoms with Crippen LogP contribution in [-0.2, 0) is 78.8 Å². The van der Waals surface area contributed by atoms with Crippen molar-refractivity contribution in [2.75, 3.05) is 58.5 Å². The summed E-state index contributed by atoms with van der Waals surface area (Å²) in [7, 11) is 5.28. The topological polar surface area (TPSA) is 377 Å². The molecule has 3 unspecified atom stereocenters. The Morgan fingerprint density at radius 3 is 2.31 bits per heavy atom. The summed E-state index contributed by atoms with van der Waals surface area (Å²) in [4.78, 5) is 159. The molecule has 570 valence electrons. The lowest BCUT2D eigenvalue weighted by atomic mass is 9.43. The number of rotatable bonds is 27. The van der Waals surface area contributed by atoms with Gasteiger partial charge in [-0.1, -0.05) is 59.7 Å². The molecule has 4 saturated carbocycles. The molecule has 4 aliphatic carbocycles. The van der Waals surface area contributed by atoms with Crippen molar-refractivity contribution in [3.05, 3.63) is 93.0 Å². The van der Waals surface area contributed by atoms with Gasteiger partial charge in [0.25, 0.3) is 11.8 Å². The molecule has 1 aromatic heterocycles. The number of piperidine rings is 1. The lowest BCUT2D eigenvalue weighted by molar-refractivity contribution is -0.205. The van der Waals surface area contributed by atoms with Crippen molar-refractivity contribution in [3.8, 4) is 11.5 Å². The van der Waals surface area contributed by atoms with E-state index in [1.54, 1.807) is 41.3 Å². The summed E-state index contributed by atoms with van der Waals surface area (Å²) in [6.45, 7) is 3.59. The molecule has 8 N–H and O–H groups in total. The van der Waals surface area contributed by atoms with E-state index in [2.05, 4.69) is 45.7 Å². The van der Waals surface area contributed by atoms with Gasteiger partial charge in [0.05, 0.1) is 39.2 Å². The number of aliphatic carboxylic acids is 1. The minimum Gasteiger partial charge on any atom is -0.493 e. The van der Waals surface area contributed by atoms with Gasteiger partial charge in [-0.25, -0.2) is 28.0 Å². The number of halogens is 2. The highest BCUT2D eigenvalue weighted by molar-refractivity contribution is 8.76. The molecule has 2 aromatic carbocycles. The van der Waals surface area contributed by atoms with E-state index in [-0.39, 0.29) is 105 Å². The maximum atomic E-state index is 14.7. The first kappa shape index (κ1) is 77.6. The second-order valence-corrected chi connectivity index (χ2v) is 32.2. The normalized spacial score (nSPS) is 27.5. The third-order valence-electron chi connectivity index (χ3n) is 23.5. The number of aliphatic hydroxyl groups is 1. The van der Waals surface area contributed by atoms with E-state index in [9.17, 15) is 76.5 Å². The third kappa shape index (κ3) is 17.6. The van der Waals surface area contributed by atoms with Crippen LogP contribution in [0.15, 0.2) is 64.0 Å². The highest BCUT2D eigenvalue weighted by Crippen LogP contribution is 2.70. The van der Waals surface area contributed by atoms with Gasteiger partial charge in [0, 0.05) is 99.9 Å². The molecule has 3 saturated heterocycles. The fourth-order valence-corrected chi connectivity index (χ4v) is 19.7. The predicted octanol–water partition coefficient (Wildman–Crippen LogP) is 5.62. The van der Waals surface area contributed by atoms with Crippen molar-refractivity contribution >= 4 is 86.9 Å². The van der Waals surface area contributed by atoms with Crippen LogP contribution in [0.5, 0.6) is 11.5 Å². The number of ketones is 1. The van der Waals surface area contributed by atoms with Crippen molar-refractivity contribution in [1.29, 1.82) is 0 Å². The number of carbonyl (C=O) groups is 11. The SMILES string of the molecule is COc1ccc(CNC(=O)C(=O)C2CC(F)(F)CN2C(=O)CNC(=O)[C@@H]2C[C@@H](CC(=O)N3Cc4cccc(CNC(=O)CCC(=O)NC(CSSCCOC(=O)N5CCC(NC(=O)O[C@H]6CC[C@]7(C)C8CC[C@]9(C)[C@@H](c%10ccoc(=O)c%10)CC[C@]9(O)[C@@H]8CC[C@@H]7C6)CC5)C(=O)O)c4C3)C(=O)N2)cc1OC. The smallest absolute Gasteiger partial charge is 0.409 e. The van der Waals surface area contributed by atoms with Gasteiger partial charge in [0.15, 0.2) is 11.5 Å². The van der Waals surface area contributed by atoms with Gasteiger partial charge in [-0.2, -0.15) is 0 Å². The van der Waals surface area contributed by atoms with Gasteiger partial charge in [-0.05, 0) is 152 Å². The van der Waals surface area contributed by atoms with Gasteiger partial charge >= 0.3 is 23.8 Å². The summed E-state index contributed by atoms with van der Waals surface area (Å²) in [5.41, 5.74) is 2.21. The summed E-state index contributed by atoms with van der Waals surface area (Å²) in [5.74, 6) is -10.2. The summed E-state index contributed by atoms with van der Waals surface area (Å²) < 4.78 is 56.4. The molecular weight excluding hydrogens is 1410 g/mol. The molecule has 5 heterocycles. The number of likely N-dealkylation sites (tertiary alicyclic amines) is 2. The van der Waals surface area contributed by atoms with E-state index in [4.69, 9.17) is 23.4 Å². The zero-order valence-electron chi connectivity index (χ0n) is 59.3. The van der Waals surface area contributed by atoms with Crippen LogP contribution in [-0.4, -0.2) is 191 Å². The average molecular weight is 1500 g/mol. The van der Waals surface area contributed by atoms with Crippen LogP contribution in [0.1, 0.15) is 150 Å². The molecular formula is C73H93F2N9O19S2. The maximum Gasteiger partial charge on any atom is 0.409 e. The Morgan fingerprint density at radius 1 is 0.790 bits per heavy atom. The molecule has 32 heteroatoms. The van der Waals surface area contributed by atoms with Crippen LogP contribution in [0.2, 0.25) is 0 Å². The second-order valence-electron chi connectivity index (χ2n) is 29.6. The number of carbonyl (C=O) groups excluding carboxylic acids is 10. The number of nitrogens with zero attached hydrogens (tertiary/aromatic N) is 3. The maximum absolute atomic E-state index is 14.7. The molecule has 105 heavy (non-hydrogen) atoms. The van der Waals surface area contributed by atoms with E-state index >= 15 is 0 Å². The fourth-order valence-electron chi connectivity index (χ4n) is 17.8. The predicted molar refractivity (Wildman–Crippen MR) is 376 cm³/mol. The molecule has 9 amide bonds. The van der Waals surface area contributed by atoms with Crippen LogP contribution in [0.4, 0.5) is 18.4 Å². The Morgan fingerprint density at radius 2 is 1.56 bits per heavy atom. The molecule has 12 atom stereocenters. The van der Waals surface area contributed by atoms with Crippen LogP contribution in [0, 0.1) is 34.5 Å². The summed E-state index contributed by atoms with van der Waals surface area (Å²) >= 11 is 0. The van der Waals surface area contributed by atoms with Crippen molar-refractivity contribution in [3.63, 3.8) is 0 Å². The summed E-state index contributed by atoms with van der Waals surface area (Å²) in [6, 6.07) is 9.08. The van der Waals surface area contributed by atoms with Crippen molar-refractivity contribution in [2.24, 2.45) is 34.5 Å². The Balaban J connectivity index is 0.526. The fraction of sp³-hybridized carbons (Fsp3) is 0.616. The number of carboxylic acid groups (broad SMARTS) is 1. The number of hydrogen-bond acceptors (Lipinski definition) is 20. The van der Waals surface area contributed by atoms with E-state index in [1.807, 2.05) is 12.1 Å². The lowest BCUT2D eigenvalue weighted by Crippen LogP contribution is -2.62. The molecule has 7 fully saturated rings. The van der Waals surface area contributed by atoms with Crippen molar-refractivity contribution in [2.45, 2.75) is 190 Å². The molecule has 28 nitrogen and oxygen atoms in total. The monoisotopic (exact) mass is 1500 g/mol. The minimum absolute atomic E-state index is 0.0205. The number of hydrogen-bond donors (Lipinski definition) is 8. The van der Waals surface area contributed by atoms with Crippen molar-refractivity contribution < 1.29 is 95.1 Å². The van der Waals surface area contributed by atoms with Gasteiger partial charge in [0.1, 0.15) is 30.8 Å². The Labute approximate surface area is 613 Å². The van der Waals surface area contributed by atoms with Crippen LogP contribution in [0.25, 0.3) is 0 Å². The second kappa shape index (κ2) is 33.1. The number of amides is 9. The molecule has 0 radical (unpaired) electrons. The number of methoxy groups -OCH3 is 2. The van der Waals surface area contributed by atoms with E-state index in [1.165, 1.54) is 47.0 Å². The van der Waals surface area contributed by atoms with E-state index in [0.29, 0.717) is 77.5 Å². The molecule has 4 aliphatic heterocycles. The number of nitrogens with one attached hydrogen (secondary N) is 6. The largest absolute Gasteiger partial charge is 0.493 e. The summed E-state index contributed by atoms with van der Waals surface area (Å²) in [6.07, 6.45) is 7.00. The number of alkyl carbamates (subject to hydrolysis) is 1. The van der Waals surface area contributed by atoms with Crippen LogP contribution >= 0.6 is 21.6 Å². The Hall–Kier alpha value is -8.52. The summed E-state index contributed by atoms with van der Waals surface area (Å²) in [5, 5.41) is 38.0. The average Bonchev–Trinajstić information content (AvgIpc) is 1.59. The zero-order chi connectivity index (χ0) is 75.1. The highest BCUT2D eigenvalue weighted by Gasteiger charge is 2.67. The van der Waals surface area contributed by atoms with Crippen molar-refractivity contribution in [1.82, 2.24) is 46.6 Å². The first-order valence-corrected chi connectivity index (χ1v) is 38.5. The number of fused-ring (bicyclic) bond motifs is 6. The van der Waals surface area contributed by atoms with Gasteiger partial charge < -0.3 is 80.2 Å². The van der Waals surface area contributed by atoms with E-state index in [0.717, 1.165) is 68.1 Å². The van der Waals surface area contributed by atoms with Gasteiger partial charge in [0.2, 0.25) is 41.2 Å². The Kier molecular flexibility index (Phi) is 24.5. The first-order valence-electron chi connectivity index (χ1n) is 36.0. The Bertz CT molecular complexity index is 3880.